The van der Waals surface area contributed by atoms with Crippen LogP contribution in [0.1, 0.15) is 36.8 Å². The van der Waals surface area contributed by atoms with Gasteiger partial charge in [-0.2, -0.15) is 0 Å². The summed E-state index contributed by atoms with van der Waals surface area (Å²) >= 11 is 0. The van der Waals surface area contributed by atoms with Crippen LogP contribution >= 0.6 is 0 Å². The topological polar surface area (TPSA) is 46.1 Å². The van der Waals surface area contributed by atoms with Gasteiger partial charge in [-0.05, 0) is 38.9 Å². The zero-order valence-corrected chi connectivity index (χ0v) is 9.86. The molecule has 0 spiro atoms. The van der Waals surface area contributed by atoms with Gasteiger partial charge in [-0.3, -0.25) is 4.79 Å². The molecule has 1 aliphatic heterocycles. The Labute approximate surface area is 96.0 Å². The molecule has 1 atom stereocenters. The Hall–Kier alpha value is -1.29. The summed E-state index contributed by atoms with van der Waals surface area (Å²) in [6.07, 6.45) is 2.97. The third-order valence-electron chi connectivity index (χ3n) is 2.96. The van der Waals surface area contributed by atoms with Crippen LogP contribution in [0, 0.1) is 0 Å². The summed E-state index contributed by atoms with van der Waals surface area (Å²) in [5.41, 5.74) is 0.752. The molecule has 0 saturated carbocycles. The number of rotatable bonds is 3. The lowest BCUT2D eigenvalue weighted by Gasteiger charge is -2.15. The summed E-state index contributed by atoms with van der Waals surface area (Å²) in [5.74, 6) is 0.0346. The number of hydrogen-bond donors (Lipinski definition) is 2. The van der Waals surface area contributed by atoms with Crippen molar-refractivity contribution in [1.82, 2.24) is 15.2 Å². The van der Waals surface area contributed by atoms with Gasteiger partial charge in [0.05, 0.1) is 0 Å². The summed E-state index contributed by atoms with van der Waals surface area (Å²) in [6.45, 7) is 6.03. The van der Waals surface area contributed by atoms with E-state index in [1.165, 1.54) is 0 Å². The first kappa shape index (κ1) is 11.2. The van der Waals surface area contributed by atoms with Gasteiger partial charge in [0.15, 0.2) is 0 Å². The zero-order valence-electron chi connectivity index (χ0n) is 9.86. The fourth-order valence-corrected chi connectivity index (χ4v) is 2.07. The molecule has 2 rings (SSSR count). The van der Waals surface area contributed by atoms with Crippen LogP contribution in [0.5, 0.6) is 0 Å². The van der Waals surface area contributed by atoms with Crippen LogP contribution in [-0.4, -0.2) is 29.6 Å². The average molecular weight is 221 g/mol. The molecule has 1 aliphatic rings. The molecule has 2 N–H and O–H groups in total. The molecule has 1 fully saturated rings. The van der Waals surface area contributed by atoms with Gasteiger partial charge in [0.25, 0.3) is 5.91 Å². The highest BCUT2D eigenvalue weighted by molar-refractivity contribution is 5.93. The van der Waals surface area contributed by atoms with E-state index < -0.39 is 0 Å². The molecule has 4 nitrogen and oxygen atoms in total. The number of nitrogens with zero attached hydrogens (tertiary/aromatic N) is 1. The molecule has 0 bridgehead atoms. The van der Waals surface area contributed by atoms with E-state index in [1.54, 1.807) is 0 Å². The second-order valence-electron chi connectivity index (χ2n) is 4.56. The third-order valence-corrected chi connectivity index (χ3v) is 2.96. The lowest BCUT2D eigenvalue weighted by atomic mass is 10.2. The Morgan fingerprint density at radius 1 is 1.62 bits per heavy atom. The minimum atomic E-state index is 0.0346. The van der Waals surface area contributed by atoms with E-state index in [-0.39, 0.29) is 11.9 Å². The molecule has 2 heterocycles. The number of amides is 1. The highest BCUT2D eigenvalue weighted by Gasteiger charge is 2.19. The van der Waals surface area contributed by atoms with E-state index in [1.807, 2.05) is 22.9 Å². The van der Waals surface area contributed by atoms with Gasteiger partial charge in [0, 0.05) is 24.8 Å². The number of hydrogen-bond acceptors (Lipinski definition) is 2. The summed E-state index contributed by atoms with van der Waals surface area (Å²) in [4.78, 5) is 12.0. The van der Waals surface area contributed by atoms with Gasteiger partial charge in [0.2, 0.25) is 0 Å². The second-order valence-corrected chi connectivity index (χ2v) is 4.56. The van der Waals surface area contributed by atoms with Crippen molar-refractivity contribution in [3.63, 3.8) is 0 Å². The summed E-state index contributed by atoms with van der Waals surface area (Å²) in [5, 5.41) is 6.29. The minimum absolute atomic E-state index is 0.0346. The second kappa shape index (κ2) is 4.70. The maximum absolute atomic E-state index is 12.0. The standard InChI is InChI=1S/C12H19N3O/c1-9(2)15-7-3-4-11(15)12(16)14-10-5-6-13-8-10/h3-4,7,9-10,13H,5-6,8H2,1-2H3,(H,14,16). The van der Waals surface area contributed by atoms with Crippen LogP contribution in [0.3, 0.4) is 0 Å². The lowest BCUT2D eigenvalue weighted by molar-refractivity contribution is 0.0929. The first-order valence-electron chi connectivity index (χ1n) is 5.87. The predicted octanol–water partition coefficient (Wildman–Crippen LogP) is 1.16. The normalized spacial score (nSPS) is 20.3. The Morgan fingerprint density at radius 3 is 3.06 bits per heavy atom. The Balaban J connectivity index is 2.05. The molecule has 1 unspecified atom stereocenters. The first-order chi connectivity index (χ1) is 7.68. The summed E-state index contributed by atoms with van der Waals surface area (Å²) in [7, 11) is 0. The number of carbonyl (C=O) groups is 1. The van der Waals surface area contributed by atoms with E-state index in [0.29, 0.717) is 6.04 Å². The SMILES string of the molecule is CC(C)n1cccc1C(=O)NC1CCNC1. The molecule has 0 aromatic carbocycles. The van der Waals surface area contributed by atoms with Gasteiger partial charge < -0.3 is 15.2 Å². The van der Waals surface area contributed by atoms with Crippen LogP contribution in [0.2, 0.25) is 0 Å². The largest absolute Gasteiger partial charge is 0.347 e. The van der Waals surface area contributed by atoms with Gasteiger partial charge >= 0.3 is 0 Å². The predicted molar refractivity (Wildman–Crippen MR) is 63.6 cm³/mol. The molecule has 1 aromatic rings. The van der Waals surface area contributed by atoms with Crippen molar-refractivity contribution in [2.24, 2.45) is 0 Å². The van der Waals surface area contributed by atoms with E-state index in [2.05, 4.69) is 24.5 Å². The maximum atomic E-state index is 12.0. The van der Waals surface area contributed by atoms with E-state index in [0.717, 1.165) is 25.2 Å². The fourth-order valence-electron chi connectivity index (χ4n) is 2.07. The molecule has 88 valence electrons. The van der Waals surface area contributed by atoms with Crippen LogP contribution < -0.4 is 10.6 Å². The van der Waals surface area contributed by atoms with Crippen LogP contribution in [0.4, 0.5) is 0 Å². The zero-order chi connectivity index (χ0) is 11.5. The van der Waals surface area contributed by atoms with Crippen molar-refractivity contribution < 1.29 is 4.79 Å². The highest BCUT2D eigenvalue weighted by atomic mass is 16.2. The average Bonchev–Trinajstić information content (AvgIpc) is 2.86. The van der Waals surface area contributed by atoms with Crippen LogP contribution in [0.25, 0.3) is 0 Å². The maximum Gasteiger partial charge on any atom is 0.268 e. The van der Waals surface area contributed by atoms with Crippen molar-refractivity contribution in [1.29, 1.82) is 0 Å². The molecule has 1 saturated heterocycles. The Morgan fingerprint density at radius 2 is 2.44 bits per heavy atom. The lowest BCUT2D eigenvalue weighted by Crippen LogP contribution is -2.37. The van der Waals surface area contributed by atoms with Crippen molar-refractivity contribution in [2.45, 2.75) is 32.4 Å². The highest BCUT2D eigenvalue weighted by Crippen LogP contribution is 2.11. The number of carbonyl (C=O) groups excluding carboxylic acids is 1. The number of aromatic nitrogens is 1. The summed E-state index contributed by atoms with van der Waals surface area (Å²) in [6, 6.07) is 4.39. The number of nitrogens with one attached hydrogen (secondary N) is 2. The molecule has 1 aromatic heterocycles. The molecule has 16 heavy (non-hydrogen) atoms. The molecule has 0 aliphatic carbocycles. The molecular weight excluding hydrogens is 202 g/mol. The van der Waals surface area contributed by atoms with Crippen molar-refractivity contribution in [2.75, 3.05) is 13.1 Å². The van der Waals surface area contributed by atoms with Crippen molar-refractivity contribution in [3.8, 4) is 0 Å². The smallest absolute Gasteiger partial charge is 0.268 e. The monoisotopic (exact) mass is 221 g/mol. The van der Waals surface area contributed by atoms with E-state index in [4.69, 9.17) is 0 Å². The molecule has 0 radical (unpaired) electrons. The van der Waals surface area contributed by atoms with Gasteiger partial charge in [0.1, 0.15) is 5.69 Å². The van der Waals surface area contributed by atoms with E-state index in [9.17, 15) is 4.79 Å². The fraction of sp³-hybridized carbons (Fsp3) is 0.583. The van der Waals surface area contributed by atoms with Crippen LogP contribution in [0.15, 0.2) is 18.3 Å². The molecule has 4 heteroatoms. The van der Waals surface area contributed by atoms with Gasteiger partial charge in [-0.15, -0.1) is 0 Å². The summed E-state index contributed by atoms with van der Waals surface area (Å²) < 4.78 is 2.00. The quantitative estimate of drug-likeness (QED) is 0.804. The Kier molecular flexibility index (Phi) is 3.29. The van der Waals surface area contributed by atoms with Gasteiger partial charge in [-0.25, -0.2) is 0 Å². The molecule has 1 amide bonds. The minimum Gasteiger partial charge on any atom is -0.347 e. The van der Waals surface area contributed by atoms with E-state index >= 15 is 0 Å². The first-order valence-corrected chi connectivity index (χ1v) is 5.87. The third kappa shape index (κ3) is 2.27. The van der Waals surface area contributed by atoms with Crippen molar-refractivity contribution >= 4 is 5.91 Å². The van der Waals surface area contributed by atoms with Crippen molar-refractivity contribution in [3.05, 3.63) is 24.0 Å². The Bertz CT molecular complexity index is 364. The van der Waals surface area contributed by atoms with Crippen LogP contribution in [-0.2, 0) is 0 Å². The van der Waals surface area contributed by atoms with Gasteiger partial charge in [-0.1, -0.05) is 0 Å². The molecular formula is C12H19N3O.